The Morgan fingerprint density at radius 1 is 1.16 bits per heavy atom. The highest BCUT2D eigenvalue weighted by atomic mass is 19.1. The van der Waals surface area contributed by atoms with E-state index in [1.54, 1.807) is 13.8 Å². The van der Waals surface area contributed by atoms with Gasteiger partial charge in [0.25, 0.3) is 0 Å². The largest absolute Gasteiger partial charge is 0.390 e. The van der Waals surface area contributed by atoms with Gasteiger partial charge in [0, 0.05) is 23.2 Å². The quantitative estimate of drug-likeness (QED) is 0.625. The molecule has 0 bridgehead atoms. The SMILES string of the molecule is CC1(O)CCC2C3CC(O)C4=CC(=O)CCC4(C)C3(F)C(O)CC21C. The van der Waals surface area contributed by atoms with Gasteiger partial charge in [-0.25, -0.2) is 4.39 Å². The van der Waals surface area contributed by atoms with Crippen molar-refractivity contribution in [2.75, 3.05) is 0 Å². The number of ketones is 1. The molecule has 4 nitrogen and oxygen atoms in total. The first-order valence-corrected chi connectivity index (χ1v) is 9.50. The second kappa shape index (κ2) is 4.93. The van der Waals surface area contributed by atoms with Crippen molar-refractivity contribution in [3.8, 4) is 0 Å². The number of alkyl halides is 1. The third-order valence-electron chi connectivity index (χ3n) is 8.63. The first-order valence-electron chi connectivity index (χ1n) is 9.50. The summed E-state index contributed by atoms with van der Waals surface area (Å²) in [6, 6.07) is 0. The Labute approximate surface area is 148 Å². The van der Waals surface area contributed by atoms with Crippen molar-refractivity contribution in [2.45, 2.75) is 82.8 Å². The highest BCUT2D eigenvalue weighted by Crippen LogP contribution is 2.70. The van der Waals surface area contributed by atoms with Crippen molar-refractivity contribution >= 4 is 5.78 Å². The van der Waals surface area contributed by atoms with E-state index in [0.29, 0.717) is 24.8 Å². The van der Waals surface area contributed by atoms with Crippen LogP contribution >= 0.6 is 0 Å². The normalized spacial score (nSPS) is 58.2. The Bertz CT molecular complexity index is 658. The Morgan fingerprint density at radius 2 is 1.84 bits per heavy atom. The highest BCUT2D eigenvalue weighted by molar-refractivity contribution is 5.92. The predicted octanol–water partition coefficient (Wildman–Crippen LogP) is 2.30. The fourth-order valence-corrected chi connectivity index (χ4v) is 6.83. The van der Waals surface area contributed by atoms with Crippen LogP contribution in [0, 0.1) is 22.7 Å². The van der Waals surface area contributed by atoms with E-state index >= 15 is 4.39 Å². The Morgan fingerprint density at radius 3 is 2.52 bits per heavy atom. The van der Waals surface area contributed by atoms with E-state index in [0.717, 1.165) is 0 Å². The topological polar surface area (TPSA) is 77.8 Å². The van der Waals surface area contributed by atoms with Gasteiger partial charge in [0.15, 0.2) is 5.78 Å². The van der Waals surface area contributed by atoms with Crippen LogP contribution in [0.1, 0.15) is 59.3 Å². The molecule has 0 radical (unpaired) electrons. The van der Waals surface area contributed by atoms with Gasteiger partial charge in [0.05, 0.1) is 17.8 Å². The highest BCUT2D eigenvalue weighted by Gasteiger charge is 2.73. The van der Waals surface area contributed by atoms with Crippen molar-refractivity contribution in [1.29, 1.82) is 0 Å². The van der Waals surface area contributed by atoms with Crippen LogP contribution in [0.3, 0.4) is 0 Å². The van der Waals surface area contributed by atoms with Crippen molar-refractivity contribution in [2.24, 2.45) is 22.7 Å². The summed E-state index contributed by atoms with van der Waals surface area (Å²) in [6.45, 7) is 5.51. The van der Waals surface area contributed by atoms with Gasteiger partial charge < -0.3 is 15.3 Å². The Balaban J connectivity index is 1.86. The lowest BCUT2D eigenvalue weighted by molar-refractivity contribution is -0.234. The molecule has 5 heteroatoms. The third-order valence-corrected chi connectivity index (χ3v) is 8.63. The summed E-state index contributed by atoms with van der Waals surface area (Å²) >= 11 is 0. The minimum absolute atomic E-state index is 0.0764. The number of rotatable bonds is 0. The molecule has 0 aromatic rings. The molecule has 4 aliphatic rings. The molecule has 3 saturated carbocycles. The lowest BCUT2D eigenvalue weighted by atomic mass is 9.43. The molecule has 25 heavy (non-hydrogen) atoms. The maximum Gasteiger partial charge on any atom is 0.155 e. The number of hydrogen-bond donors (Lipinski definition) is 3. The van der Waals surface area contributed by atoms with E-state index in [1.165, 1.54) is 6.08 Å². The lowest BCUT2D eigenvalue weighted by Crippen LogP contribution is -2.70. The summed E-state index contributed by atoms with van der Waals surface area (Å²) in [5.74, 6) is -0.672. The molecule has 0 amide bonds. The summed E-state index contributed by atoms with van der Waals surface area (Å²) in [6.07, 6.45) is 1.62. The summed E-state index contributed by atoms with van der Waals surface area (Å²) < 4.78 is 16.7. The molecule has 0 spiro atoms. The van der Waals surface area contributed by atoms with Gasteiger partial charge in [-0.15, -0.1) is 0 Å². The summed E-state index contributed by atoms with van der Waals surface area (Å²) in [4.78, 5) is 11.9. The number of carbonyl (C=O) groups is 1. The van der Waals surface area contributed by atoms with Crippen molar-refractivity contribution < 1.29 is 24.5 Å². The van der Waals surface area contributed by atoms with E-state index < -0.39 is 40.2 Å². The van der Waals surface area contributed by atoms with E-state index in [-0.39, 0.29) is 31.0 Å². The molecule has 4 aliphatic carbocycles. The van der Waals surface area contributed by atoms with Crippen LogP contribution < -0.4 is 0 Å². The molecule has 0 aromatic heterocycles. The molecular weight excluding hydrogens is 323 g/mol. The molecule has 0 aromatic carbocycles. The average molecular weight is 352 g/mol. The van der Waals surface area contributed by atoms with Crippen LogP contribution in [-0.4, -0.2) is 44.6 Å². The number of aliphatic hydroxyl groups is 3. The van der Waals surface area contributed by atoms with Gasteiger partial charge in [-0.2, -0.15) is 0 Å². The zero-order chi connectivity index (χ0) is 18.4. The molecule has 0 heterocycles. The maximum absolute atomic E-state index is 16.7. The first-order chi connectivity index (χ1) is 11.5. The zero-order valence-electron chi connectivity index (χ0n) is 15.3. The predicted molar refractivity (Wildman–Crippen MR) is 90.5 cm³/mol. The Hall–Kier alpha value is -0.780. The summed E-state index contributed by atoms with van der Waals surface area (Å²) in [5.41, 5.74) is -3.95. The third kappa shape index (κ3) is 1.90. The fraction of sp³-hybridized carbons (Fsp3) is 0.850. The minimum atomic E-state index is -1.87. The van der Waals surface area contributed by atoms with Gasteiger partial charge in [-0.1, -0.05) is 13.8 Å². The van der Waals surface area contributed by atoms with Crippen LogP contribution in [0.25, 0.3) is 0 Å². The van der Waals surface area contributed by atoms with Crippen LogP contribution in [0.15, 0.2) is 11.6 Å². The van der Waals surface area contributed by atoms with Crippen LogP contribution in [0.2, 0.25) is 0 Å². The van der Waals surface area contributed by atoms with Gasteiger partial charge in [0.2, 0.25) is 0 Å². The van der Waals surface area contributed by atoms with E-state index in [1.807, 2.05) is 6.92 Å². The molecule has 140 valence electrons. The van der Waals surface area contributed by atoms with Gasteiger partial charge in [0.1, 0.15) is 5.67 Å². The molecule has 4 rings (SSSR count). The number of hydrogen-bond acceptors (Lipinski definition) is 4. The standard InChI is InChI=1S/C20H29FO4/c1-17-6-4-11(22)8-14(17)15(23)9-13-12-5-7-19(3,25)18(12,2)10-16(24)20(13,17)21/h8,12-13,15-16,23-25H,4-7,9-10H2,1-3H3. The van der Waals surface area contributed by atoms with Crippen LogP contribution in [-0.2, 0) is 4.79 Å². The van der Waals surface area contributed by atoms with Gasteiger partial charge >= 0.3 is 0 Å². The number of aliphatic hydroxyl groups excluding tert-OH is 2. The average Bonchev–Trinajstić information content (AvgIpc) is 2.75. The van der Waals surface area contributed by atoms with Crippen molar-refractivity contribution in [1.82, 2.24) is 0 Å². The molecule has 8 atom stereocenters. The molecular formula is C20H29FO4. The second-order valence-electron chi connectivity index (χ2n) is 9.58. The second-order valence-corrected chi connectivity index (χ2v) is 9.58. The number of halogens is 1. The summed E-state index contributed by atoms with van der Waals surface area (Å²) in [5, 5.41) is 32.6. The Kier molecular flexibility index (Phi) is 3.48. The van der Waals surface area contributed by atoms with Crippen LogP contribution in [0.4, 0.5) is 4.39 Å². The van der Waals surface area contributed by atoms with Crippen molar-refractivity contribution in [3.63, 3.8) is 0 Å². The van der Waals surface area contributed by atoms with E-state index in [2.05, 4.69) is 0 Å². The van der Waals surface area contributed by atoms with E-state index in [4.69, 9.17) is 0 Å². The first kappa shape index (κ1) is 17.6. The molecule has 8 unspecified atom stereocenters. The summed E-state index contributed by atoms with van der Waals surface area (Å²) in [7, 11) is 0. The molecule has 3 fully saturated rings. The van der Waals surface area contributed by atoms with Crippen molar-refractivity contribution in [3.05, 3.63) is 11.6 Å². The lowest BCUT2D eigenvalue weighted by Gasteiger charge is -2.64. The number of fused-ring (bicyclic) bond motifs is 5. The van der Waals surface area contributed by atoms with Gasteiger partial charge in [-0.3, -0.25) is 4.79 Å². The van der Waals surface area contributed by atoms with E-state index in [9.17, 15) is 20.1 Å². The molecule has 3 N–H and O–H groups in total. The number of carbonyl (C=O) groups excluding carboxylic acids is 1. The molecule has 0 aliphatic heterocycles. The molecule has 0 saturated heterocycles. The zero-order valence-corrected chi connectivity index (χ0v) is 15.3. The smallest absolute Gasteiger partial charge is 0.155 e. The van der Waals surface area contributed by atoms with Crippen LogP contribution in [0.5, 0.6) is 0 Å². The van der Waals surface area contributed by atoms with Gasteiger partial charge in [-0.05, 0) is 56.6 Å². The minimum Gasteiger partial charge on any atom is -0.390 e. The maximum atomic E-state index is 16.7. The monoisotopic (exact) mass is 352 g/mol. The fourth-order valence-electron chi connectivity index (χ4n) is 6.83.